The van der Waals surface area contributed by atoms with Gasteiger partial charge in [-0.05, 0) is 17.2 Å². The number of benzene rings is 1. The first kappa shape index (κ1) is 14.5. The molecule has 2 N–H and O–H groups in total. The largest absolute Gasteiger partial charge is 0.481 e. The second-order valence-corrected chi connectivity index (χ2v) is 4.31. The number of nitrogens with one attached hydrogen (secondary N) is 1. The van der Waals surface area contributed by atoms with Crippen molar-refractivity contribution in [1.82, 2.24) is 4.98 Å². The average Bonchev–Trinajstić information content (AvgIpc) is 2.48. The maximum atomic E-state index is 11.6. The van der Waals surface area contributed by atoms with E-state index in [0.29, 0.717) is 11.4 Å². The standard InChI is InChI=1S/C15H14N2O4/c18-14(19)8-12-6-7-13(16-9-12)17-15(20)21-10-11-4-2-1-3-5-11/h1-7,9H,8,10H2,(H,18,19)(H,16,17,20). The predicted octanol–water partition coefficient (Wildman–Crippen LogP) is 2.46. The Morgan fingerprint density at radius 1 is 1.10 bits per heavy atom. The number of hydrogen-bond acceptors (Lipinski definition) is 4. The zero-order chi connectivity index (χ0) is 15.1. The molecule has 0 saturated heterocycles. The fraction of sp³-hybridized carbons (Fsp3) is 0.133. The summed E-state index contributed by atoms with van der Waals surface area (Å²) in [6.45, 7) is 0.170. The number of pyridine rings is 1. The smallest absolute Gasteiger partial charge is 0.413 e. The minimum atomic E-state index is -0.931. The number of anilines is 1. The van der Waals surface area contributed by atoms with Gasteiger partial charge < -0.3 is 9.84 Å². The second-order valence-electron chi connectivity index (χ2n) is 4.31. The summed E-state index contributed by atoms with van der Waals surface area (Å²) < 4.78 is 5.04. The van der Waals surface area contributed by atoms with Gasteiger partial charge in [0.15, 0.2) is 0 Å². The van der Waals surface area contributed by atoms with Crippen LogP contribution in [0.25, 0.3) is 0 Å². The van der Waals surface area contributed by atoms with Gasteiger partial charge >= 0.3 is 12.1 Å². The van der Waals surface area contributed by atoms with Crippen LogP contribution in [0.1, 0.15) is 11.1 Å². The average molecular weight is 286 g/mol. The maximum absolute atomic E-state index is 11.6. The molecule has 6 heteroatoms. The van der Waals surface area contributed by atoms with Crippen molar-refractivity contribution in [2.45, 2.75) is 13.0 Å². The van der Waals surface area contributed by atoms with Gasteiger partial charge in [0.2, 0.25) is 0 Å². The number of nitrogens with zero attached hydrogens (tertiary/aromatic N) is 1. The highest BCUT2D eigenvalue weighted by Gasteiger charge is 2.06. The molecule has 6 nitrogen and oxygen atoms in total. The van der Waals surface area contributed by atoms with Crippen LogP contribution in [-0.2, 0) is 22.6 Å². The topological polar surface area (TPSA) is 88.5 Å². The third kappa shape index (κ3) is 4.94. The van der Waals surface area contributed by atoms with Crippen molar-refractivity contribution < 1.29 is 19.4 Å². The molecule has 0 aliphatic rings. The first-order valence-electron chi connectivity index (χ1n) is 6.28. The Morgan fingerprint density at radius 3 is 2.48 bits per heavy atom. The summed E-state index contributed by atoms with van der Waals surface area (Å²) in [5, 5.41) is 11.1. The third-order valence-corrected chi connectivity index (χ3v) is 2.62. The van der Waals surface area contributed by atoms with Gasteiger partial charge in [0.25, 0.3) is 0 Å². The van der Waals surface area contributed by atoms with E-state index in [1.54, 1.807) is 6.07 Å². The van der Waals surface area contributed by atoms with Gasteiger partial charge in [0, 0.05) is 6.20 Å². The van der Waals surface area contributed by atoms with Gasteiger partial charge in [-0.25, -0.2) is 9.78 Å². The molecular weight excluding hydrogens is 272 g/mol. The number of carboxylic acids is 1. The van der Waals surface area contributed by atoms with Crippen LogP contribution in [0, 0.1) is 0 Å². The molecule has 0 saturated carbocycles. The number of carboxylic acid groups (broad SMARTS) is 1. The fourth-order valence-electron chi connectivity index (χ4n) is 1.64. The third-order valence-electron chi connectivity index (χ3n) is 2.62. The number of aromatic nitrogens is 1. The van der Waals surface area contributed by atoms with E-state index in [9.17, 15) is 9.59 Å². The van der Waals surface area contributed by atoms with E-state index in [-0.39, 0.29) is 13.0 Å². The Labute approximate surface area is 121 Å². The van der Waals surface area contributed by atoms with Crippen LogP contribution in [0.2, 0.25) is 0 Å². The van der Waals surface area contributed by atoms with Crippen LogP contribution in [0.4, 0.5) is 10.6 Å². The molecule has 1 amide bonds. The molecule has 0 aliphatic heterocycles. The normalized spacial score (nSPS) is 9.90. The molecule has 0 radical (unpaired) electrons. The summed E-state index contributed by atoms with van der Waals surface area (Å²) in [4.78, 5) is 26.1. The molecule has 0 fully saturated rings. The first-order chi connectivity index (χ1) is 10.1. The van der Waals surface area contributed by atoms with E-state index in [1.165, 1.54) is 12.3 Å². The lowest BCUT2D eigenvalue weighted by Gasteiger charge is -2.06. The number of carbonyl (C=O) groups is 2. The SMILES string of the molecule is O=C(O)Cc1ccc(NC(=O)OCc2ccccc2)nc1. The Kier molecular flexibility index (Phi) is 4.87. The Hall–Kier alpha value is -2.89. The summed E-state index contributed by atoms with van der Waals surface area (Å²) in [5.74, 6) is -0.623. The molecule has 0 atom stereocenters. The van der Waals surface area contributed by atoms with Crippen LogP contribution in [0.5, 0.6) is 0 Å². The van der Waals surface area contributed by atoms with Crippen molar-refractivity contribution in [1.29, 1.82) is 0 Å². The summed E-state index contributed by atoms with van der Waals surface area (Å²) in [6, 6.07) is 12.4. The molecule has 1 aromatic carbocycles. The van der Waals surface area contributed by atoms with Crippen molar-refractivity contribution in [3.05, 3.63) is 59.8 Å². The van der Waals surface area contributed by atoms with Crippen LogP contribution >= 0.6 is 0 Å². The van der Waals surface area contributed by atoms with Gasteiger partial charge in [-0.15, -0.1) is 0 Å². The summed E-state index contributed by atoms with van der Waals surface area (Å²) in [6.07, 6.45) is 0.685. The molecule has 1 aromatic heterocycles. The van der Waals surface area contributed by atoms with Gasteiger partial charge in [-0.2, -0.15) is 0 Å². The minimum absolute atomic E-state index is 0.105. The number of amides is 1. The quantitative estimate of drug-likeness (QED) is 0.881. The molecule has 2 rings (SSSR count). The molecule has 0 aliphatic carbocycles. The van der Waals surface area contributed by atoms with E-state index < -0.39 is 12.1 Å². The molecule has 21 heavy (non-hydrogen) atoms. The highest BCUT2D eigenvalue weighted by atomic mass is 16.5. The summed E-state index contributed by atoms with van der Waals surface area (Å²) >= 11 is 0. The zero-order valence-corrected chi connectivity index (χ0v) is 11.2. The van der Waals surface area contributed by atoms with Crippen LogP contribution < -0.4 is 5.32 Å². The number of rotatable bonds is 5. The van der Waals surface area contributed by atoms with Crippen molar-refractivity contribution in [3.8, 4) is 0 Å². The Balaban J connectivity index is 1.83. The van der Waals surface area contributed by atoms with Crippen molar-refractivity contribution in [2.24, 2.45) is 0 Å². The van der Waals surface area contributed by atoms with Crippen LogP contribution in [0.15, 0.2) is 48.7 Å². The van der Waals surface area contributed by atoms with E-state index >= 15 is 0 Å². The molecular formula is C15H14N2O4. The lowest BCUT2D eigenvalue weighted by molar-refractivity contribution is -0.136. The Bertz CT molecular complexity index is 611. The van der Waals surface area contributed by atoms with Crippen molar-refractivity contribution >= 4 is 17.9 Å². The van der Waals surface area contributed by atoms with E-state index in [4.69, 9.17) is 9.84 Å². The zero-order valence-electron chi connectivity index (χ0n) is 11.2. The maximum Gasteiger partial charge on any atom is 0.413 e. The molecule has 1 heterocycles. The second kappa shape index (κ2) is 7.04. The summed E-state index contributed by atoms with van der Waals surface area (Å²) in [5.41, 5.74) is 1.45. The number of carbonyl (C=O) groups excluding carboxylic acids is 1. The predicted molar refractivity (Wildman–Crippen MR) is 75.8 cm³/mol. The molecule has 108 valence electrons. The fourth-order valence-corrected chi connectivity index (χ4v) is 1.64. The van der Waals surface area contributed by atoms with Gasteiger partial charge in [0.1, 0.15) is 12.4 Å². The van der Waals surface area contributed by atoms with E-state index in [2.05, 4.69) is 10.3 Å². The molecule has 0 spiro atoms. The van der Waals surface area contributed by atoms with Gasteiger partial charge in [-0.3, -0.25) is 10.1 Å². The van der Waals surface area contributed by atoms with E-state index in [0.717, 1.165) is 5.56 Å². The summed E-state index contributed by atoms with van der Waals surface area (Å²) in [7, 11) is 0. The molecule has 2 aromatic rings. The lowest BCUT2D eigenvalue weighted by atomic mass is 10.2. The number of hydrogen-bond donors (Lipinski definition) is 2. The van der Waals surface area contributed by atoms with E-state index in [1.807, 2.05) is 30.3 Å². The van der Waals surface area contributed by atoms with Gasteiger partial charge in [0.05, 0.1) is 6.42 Å². The molecule has 0 bridgehead atoms. The molecule has 0 unspecified atom stereocenters. The Morgan fingerprint density at radius 2 is 1.86 bits per heavy atom. The van der Waals surface area contributed by atoms with Crippen molar-refractivity contribution in [2.75, 3.05) is 5.32 Å². The van der Waals surface area contributed by atoms with Crippen molar-refractivity contribution in [3.63, 3.8) is 0 Å². The minimum Gasteiger partial charge on any atom is -0.481 e. The number of aliphatic carboxylic acids is 1. The lowest BCUT2D eigenvalue weighted by Crippen LogP contribution is -2.14. The van der Waals surface area contributed by atoms with Gasteiger partial charge in [-0.1, -0.05) is 36.4 Å². The first-order valence-corrected chi connectivity index (χ1v) is 6.28. The number of ether oxygens (including phenoxy) is 1. The highest BCUT2D eigenvalue weighted by Crippen LogP contribution is 2.07. The van der Waals surface area contributed by atoms with Crippen LogP contribution in [0.3, 0.4) is 0 Å². The van der Waals surface area contributed by atoms with Crippen LogP contribution in [-0.4, -0.2) is 22.2 Å². The monoisotopic (exact) mass is 286 g/mol. The highest BCUT2D eigenvalue weighted by molar-refractivity contribution is 5.83.